The molecule has 7 nitrogen and oxygen atoms in total. The minimum atomic E-state index is -0.336. The molecule has 0 saturated carbocycles. The van der Waals surface area contributed by atoms with Crippen LogP contribution >= 0.6 is 0 Å². The van der Waals surface area contributed by atoms with Crippen LogP contribution in [0.25, 0.3) is 0 Å². The summed E-state index contributed by atoms with van der Waals surface area (Å²) in [5.41, 5.74) is 3.45. The third-order valence-corrected chi connectivity index (χ3v) is 4.99. The predicted octanol–water partition coefficient (Wildman–Crippen LogP) is 3.31. The van der Waals surface area contributed by atoms with Crippen LogP contribution in [0.4, 0.5) is 11.5 Å². The van der Waals surface area contributed by atoms with Gasteiger partial charge in [0.1, 0.15) is 29.3 Å². The standard InChI is InChI=1S/C22H22N4O3/c1-28-17-7-8-20(29-2)18(11-17)25-22(27)19-12-21(24-14-23-19)26-10-9-15-5-3-4-6-16(15)13-26/h3-8,11-12,14H,9-10,13H2,1-2H3,(H,25,27). The Morgan fingerprint density at radius 1 is 1.03 bits per heavy atom. The summed E-state index contributed by atoms with van der Waals surface area (Å²) < 4.78 is 10.6. The Kier molecular flexibility index (Phi) is 5.29. The number of carbonyl (C=O) groups is 1. The number of nitrogens with zero attached hydrogens (tertiary/aromatic N) is 3. The van der Waals surface area contributed by atoms with Crippen molar-refractivity contribution in [1.29, 1.82) is 0 Å². The molecular weight excluding hydrogens is 368 g/mol. The largest absolute Gasteiger partial charge is 0.497 e. The van der Waals surface area contributed by atoms with E-state index in [1.54, 1.807) is 38.5 Å². The van der Waals surface area contributed by atoms with Gasteiger partial charge in [0.2, 0.25) is 0 Å². The lowest BCUT2D eigenvalue weighted by Crippen LogP contribution is -2.31. The van der Waals surface area contributed by atoms with Crippen LogP contribution in [0, 0.1) is 0 Å². The number of ether oxygens (including phenoxy) is 2. The molecule has 0 spiro atoms. The van der Waals surface area contributed by atoms with Gasteiger partial charge >= 0.3 is 0 Å². The van der Waals surface area contributed by atoms with Crippen LogP contribution in [-0.4, -0.2) is 36.6 Å². The summed E-state index contributed by atoms with van der Waals surface area (Å²) in [5.74, 6) is 1.56. The molecule has 0 aliphatic carbocycles. The highest BCUT2D eigenvalue weighted by Crippen LogP contribution is 2.29. The maximum absolute atomic E-state index is 12.8. The third-order valence-electron chi connectivity index (χ3n) is 4.99. The summed E-state index contributed by atoms with van der Waals surface area (Å²) in [7, 11) is 3.12. The van der Waals surface area contributed by atoms with Gasteiger partial charge in [0.15, 0.2) is 0 Å². The van der Waals surface area contributed by atoms with Gasteiger partial charge < -0.3 is 19.7 Å². The highest BCUT2D eigenvalue weighted by Gasteiger charge is 2.19. The van der Waals surface area contributed by atoms with Crippen molar-refractivity contribution in [3.8, 4) is 11.5 Å². The summed E-state index contributed by atoms with van der Waals surface area (Å²) in [6.07, 6.45) is 2.37. The highest BCUT2D eigenvalue weighted by molar-refractivity contribution is 6.04. The number of rotatable bonds is 5. The third kappa shape index (κ3) is 3.99. The van der Waals surface area contributed by atoms with E-state index in [9.17, 15) is 4.79 Å². The van der Waals surface area contributed by atoms with E-state index in [-0.39, 0.29) is 5.91 Å². The molecule has 2 aromatic carbocycles. The van der Waals surface area contributed by atoms with Gasteiger partial charge in [0.25, 0.3) is 5.91 Å². The number of hydrogen-bond acceptors (Lipinski definition) is 6. The Morgan fingerprint density at radius 3 is 2.66 bits per heavy atom. The molecule has 0 bridgehead atoms. The van der Waals surface area contributed by atoms with Crippen LogP contribution in [0.2, 0.25) is 0 Å². The van der Waals surface area contributed by atoms with Gasteiger partial charge in [-0.05, 0) is 29.7 Å². The molecule has 0 fully saturated rings. The number of nitrogens with one attached hydrogen (secondary N) is 1. The van der Waals surface area contributed by atoms with Gasteiger partial charge in [-0.1, -0.05) is 24.3 Å². The molecule has 0 atom stereocenters. The normalized spacial score (nSPS) is 12.8. The first-order valence-electron chi connectivity index (χ1n) is 9.35. The molecule has 0 saturated heterocycles. The summed E-state index contributed by atoms with van der Waals surface area (Å²) >= 11 is 0. The average molecular weight is 390 g/mol. The Hall–Kier alpha value is -3.61. The van der Waals surface area contributed by atoms with Gasteiger partial charge in [-0.3, -0.25) is 4.79 Å². The number of fused-ring (bicyclic) bond motifs is 1. The van der Waals surface area contributed by atoms with Crippen molar-refractivity contribution >= 4 is 17.4 Å². The number of aromatic nitrogens is 2. The fourth-order valence-electron chi connectivity index (χ4n) is 3.43. The van der Waals surface area contributed by atoms with Crippen LogP contribution in [0.1, 0.15) is 21.6 Å². The van der Waals surface area contributed by atoms with Crippen molar-refractivity contribution < 1.29 is 14.3 Å². The number of hydrogen-bond donors (Lipinski definition) is 1. The maximum Gasteiger partial charge on any atom is 0.274 e. The molecule has 2 heterocycles. The van der Waals surface area contributed by atoms with Crippen LogP contribution in [0.5, 0.6) is 11.5 Å². The van der Waals surface area contributed by atoms with E-state index in [2.05, 4.69) is 38.4 Å². The van der Waals surface area contributed by atoms with Crippen molar-refractivity contribution in [2.45, 2.75) is 13.0 Å². The molecule has 1 aromatic heterocycles. The van der Waals surface area contributed by atoms with Gasteiger partial charge in [0.05, 0.1) is 19.9 Å². The maximum atomic E-state index is 12.8. The minimum absolute atomic E-state index is 0.290. The average Bonchev–Trinajstić information content (AvgIpc) is 2.78. The fraction of sp³-hybridized carbons (Fsp3) is 0.227. The summed E-state index contributed by atoms with van der Waals surface area (Å²) in [6.45, 7) is 1.61. The first kappa shape index (κ1) is 18.7. The van der Waals surface area contributed by atoms with Crippen LogP contribution < -0.4 is 19.7 Å². The van der Waals surface area contributed by atoms with E-state index in [4.69, 9.17) is 9.47 Å². The van der Waals surface area contributed by atoms with Gasteiger partial charge in [0, 0.05) is 25.2 Å². The van der Waals surface area contributed by atoms with Crippen LogP contribution in [0.3, 0.4) is 0 Å². The van der Waals surface area contributed by atoms with Gasteiger partial charge in [-0.2, -0.15) is 0 Å². The molecule has 148 valence electrons. The topological polar surface area (TPSA) is 76.6 Å². The number of methoxy groups -OCH3 is 2. The Morgan fingerprint density at radius 2 is 1.86 bits per heavy atom. The second kappa shape index (κ2) is 8.18. The predicted molar refractivity (Wildman–Crippen MR) is 111 cm³/mol. The number of amides is 1. The first-order valence-corrected chi connectivity index (χ1v) is 9.35. The van der Waals surface area contributed by atoms with Gasteiger partial charge in [-0.25, -0.2) is 9.97 Å². The van der Waals surface area contributed by atoms with Crippen LogP contribution in [0.15, 0.2) is 54.9 Å². The molecule has 1 aliphatic rings. The molecule has 0 radical (unpaired) electrons. The second-order valence-corrected chi connectivity index (χ2v) is 6.72. The Balaban J connectivity index is 1.54. The summed E-state index contributed by atoms with van der Waals surface area (Å²) in [6, 6.07) is 15.3. The summed E-state index contributed by atoms with van der Waals surface area (Å²) in [4.78, 5) is 23.5. The Labute approximate surface area is 169 Å². The quantitative estimate of drug-likeness (QED) is 0.720. The van der Waals surface area contributed by atoms with E-state index in [1.807, 2.05) is 6.07 Å². The number of carbonyl (C=O) groups excluding carboxylic acids is 1. The van der Waals surface area contributed by atoms with Crippen molar-refractivity contribution in [2.24, 2.45) is 0 Å². The zero-order valence-electron chi connectivity index (χ0n) is 16.4. The molecule has 1 N–H and O–H groups in total. The highest BCUT2D eigenvalue weighted by atomic mass is 16.5. The smallest absolute Gasteiger partial charge is 0.274 e. The lowest BCUT2D eigenvalue weighted by molar-refractivity contribution is 0.102. The molecular formula is C22H22N4O3. The van der Waals surface area contributed by atoms with Crippen molar-refractivity contribution in [3.63, 3.8) is 0 Å². The first-order chi connectivity index (χ1) is 14.2. The zero-order chi connectivity index (χ0) is 20.2. The molecule has 3 aromatic rings. The molecule has 1 aliphatic heterocycles. The van der Waals surface area contributed by atoms with E-state index < -0.39 is 0 Å². The van der Waals surface area contributed by atoms with Crippen LogP contribution in [-0.2, 0) is 13.0 Å². The Bertz CT molecular complexity index is 1040. The molecule has 0 unspecified atom stereocenters. The van der Waals surface area contributed by atoms with E-state index in [1.165, 1.54) is 17.5 Å². The SMILES string of the molecule is COc1ccc(OC)c(NC(=O)c2cc(N3CCc4ccccc4C3)ncn2)c1. The van der Waals surface area contributed by atoms with E-state index in [0.29, 0.717) is 22.9 Å². The van der Waals surface area contributed by atoms with Crippen molar-refractivity contribution in [2.75, 3.05) is 31.0 Å². The molecule has 1 amide bonds. The van der Waals surface area contributed by atoms with Crippen molar-refractivity contribution in [3.05, 3.63) is 71.7 Å². The zero-order valence-corrected chi connectivity index (χ0v) is 16.4. The molecule has 7 heteroatoms. The minimum Gasteiger partial charge on any atom is -0.497 e. The lowest BCUT2D eigenvalue weighted by atomic mass is 10.00. The fourth-order valence-corrected chi connectivity index (χ4v) is 3.43. The van der Waals surface area contributed by atoms with E-state index in [0.717, 1.165) is 25.3 Å². The molecule has 4 rings (SSSR count). The van der Waals surface area contributed by atoms with Crippen molar-refractivity contribution in [1.82, 2.24) is 9.97 Å². The van der Waals surface area contributed by atoms with E-state index >= 15 is 0 Å². The summed E-state index contributed by atoms with van der Waals surface area (Å²) in [5, 5.41) is 2.85. The number of benzene rings is 2. The van der Waals surface area contributed by atoms with Gasteiger partial charge in [-0.15, -0.1) is 0 Å². The second-order valence-electron chi connectivity index (χ2n) is 6.72. The monoisotopic (exact) mass is 390 g/mol. The lowest BCUT2D eigenvalue weighted by Gasteiger charge is -2.29. The molecule has 29 heavy (non-hydrogen) atoms. The number of anilines is 2.